The molecule has 10 nitrogen and oxygen atoms in total. The number of nitrogens with zero attached hydrogens (tertiary/aromatic N) is 6. The minimum absolute atomic E-state index is 0.235. The molecule has 2 aromatic rings. The molecule has 2 saturated heterocycles. The van der Waals surface area contributed by atoms with Crippen LogP contribution < -0.4 is 5.73 Å². The Kier molecular flexibility index (Phi) is 8.07. The Hall–Kier alpha value is -3.53. The van der Waals surface area contributed by atoms with E-state index in [1.165, 1.54) is 11.1 Å². The molecule has 3 aliphatic heterocycles. The fourth-order valence-corrected chi connectivity index (χ4v) is 5.66. The highest BCUT2D eigenvalue weighted by Crippen LogP contribution is 2.29. The number of hydrogen-bond acceptors (Lipinski definition) is 7. The molecule has 1 aromatic heterocycles. The van der Waals surface area contributed by atoms with Gasteiger partial charge in [-0.2, -0.15) is 5.10 Å². The number of piperazine rings is 1. The van der Waals surface area contributed by atoms with E-state index in [0.29, 0.717) is 31.3 Å². The van der Waals surface area contributed by atoms with Gasteiger partial charge in [0.15, 0.2) is 0 Å². The van der Waals surface area contributed by atoms with Crippen LogP contribution in [0.4, 0.5) is 4.79 Å². The first-order chi connectivity index (χ1) is 19.1. The van der Waals surface area contributed by atoms with Gasteiger partial charge in [-0.05, 0) is 69.8 Å². The van der Waals surface area contributed by atoms with Crippen molar-refractivity contribution >= 4 is 11.9 Å². The van der Waals surface area contributed by atoms with Gasteiger partial charge in [-0.1, -0.05) is 12.1 Å². The lowest BCUT2D eigenvalue weighted by Gasteiger charge is -2.35. The summed E-state index contributed by atoms with van der Waals surface area (Å²) in [6.07, 6.45) is 8.26. The molecule has 3 N–H and O–H groups in total. The van der Waals surface area contributed by atoms with Crippen molar-refractivity contribution in [1.29, 1.82) is 5.41 Å². The summed E-state index contributed by atoms with van der Waals surface area (Å²) in [5, 5.41) is 13.4. The van der Waals surface area contributed by atoms with Crippen LogP contribution in [0.15, 0.2) is 42.5 Å². The second-order valence-corrected chi connectivity index (χ2v) is 12.3. The summed E-state index contributed by atoms with van der Waals surface area (Å²) in [5.74, 6) is 1.15. The minimum atomic E-state index is -0.481. The molecule has 0 atom stereocenters. The number of likely N-dealkylation sites (tertiary alicyclic amines) is 1. The molecule has 216 valence electrons. The molecular formula is C30H44N8O2. The van der Waals surface area contributed by atoms with Crippen molar-refractivity contribution in [3.05, 3.63) is 53.6 Å². The van der Waals surface area contributed by atoms with Crippen molar-refractivity contribution in [3.63, 3.8) is 0 Å². The number of amidine groups is 1. The van der Waals surface area contributed by atoms with Gasteiger partial charge in [0.2, 0.25) is 0 Å². The Morgan fingerprint density at radius 3 is 2.42 bits per heavy atom. The Morgan fingerprint density at radius 2 is 1.73 bits per heavy atom. The standard InChI is InChI=1S/C30H44N8O2/c1-30(2,3)40-29(39)36-11-8-26(9-12-36)38-21-25(19-33-38)23-6-5-22-7-10-37(20-24(22)17-23)28(32)18-27(31)35-15-13-34(4)14-16-35/h5-6,17-19,21,26,32H,7-16,20,31H2,1-4H3/b27-18+,32-28?. The summed E-state index contributed by atoms with van der Waals surface area (Å²) < 4.78 is 7.58. The number of carbonyl (C=O) groups is 1. The minimum Gasteiger partial charge on any atom is -0.444 e. The molecule has 0 saturated carbocycles. The molecule has 10 heteroatoms. The second kappa shape index (κ2) is 11.5. The number of hydrogen-bond donors (Lipinski definition) is 2. The van der Waals surface area contributed by atoms with Gasteiger partial charge >= 0.3 is 6.09 Å². The molecule has 3 aliphatic rings. The van der Waals surface area contributed by atoms with E-state index in [1.807, 2.05) is 33.0 Å². The molecule has 40 heavy (non-hydrogen) atoms. The van der Waals surface area contributed by atoms with Crippen LogP contribution >= 0.6 is 0 Å². The molecule has 1 aromatic carbocycles. The summed E-state index contributed by atoms with van der Waals surface area (Å²) in [5.41, 5.74) is 10.7. The fourth-order valence-electron chi connectivity index (χ4n) is 5.66. The van der Waals surface area contributed by atoms with E-state index < -0.39 is 5.60 Å². The van der Waals surface area contributed by atoms with E-state index in [9.17, 15) is 4.79 Å². The molecule has 0 unspecified atom stereocenters. The van der Waals surface area contributed by atoms with E-state index in [4.69, 9.17) is 21.0 Å². The van der Waals surface area contributed by atoms with E-state index in [0.717, 1.165) is 63.1 Å². The van der Waals surface area contributed by atoms with Gasteiger partial charge in [0, 0.05) is 70.2 Å². The molecule has 0 spiro atoms. The number of ether oxygens (including phenoxy) is 1. The lowest BCUT2D eigenvalue weighted by molar-refractivity contribution is 0.0185. The highest BCUT2D eigenvalue weighted by atomic mass is 16.6. The van der Waals surface area contributed by atoms with E-state index in [1.54, 1.807) is 4.90 Å². The van der Waals surface area contributed by atoms with Crippen molar-refractivity contribution in [2.24, 2.45) is 5.73 Å². The number of carbonyl (C=O) groups excluding carboxylic acids is 1. The highest BCUT2D eigenvalue weighted by Gasteiger charge is 2.28. The first-order valence-corrected chi connectivity index (χ1v) is 14.4. The number of piperidine rings is 1. The van der Waals surface area contributed by atoms with Gasteiger partial charge in [0.1, 0.15) is 17.3 Å². The van der Waals surface area contributed by atoms with Crippen LogP contribution in [0.5, 0.6) is 0 Å². The molecule has 4 heterocycles. The Labute approximate surface area is 237 Å². The van der Waals surface area contributed by atoms with Crippen molar-refractivity contribution in [1.82, 2.24) is 29.4 Å². The van der Waals surface area contributed by atoms with Crippen LogP contribution in [0.2, 0.25) is 0 Å². The van der Waals surface area contributed by atoms with Gasteiger partial charge in [-0.3, -0.25) is 10.1 Å². The zero-order valence-corrected chi connectivity index (χ0v) is 24.4. The predicted molar refractivity (Wildman–Crippen MR) is 157 cm³/mol. The van der Waals surface area contributed by atoms with E-state index >= 15 is 0 Å². The Bertz CT molecular complexity index is 1250. The number of amides is 1. The number of aromatic nitrogens is 2. The van der Waals surface area contributed by atoms with Crippen molar-refractivity contribution in [2.45, 2.75) is 58.2 Å². The maximum atomic E-state index is 12.4. The third-order valence-corrected chi connectivity index (χ3v) is 8.14. The zero-order chi connectivity index (χ0) is 28.4. The Morgan fingerprint density at radius 1 is 1.00 bits per heavy atom. The van der Waals surface area contributed by atoms with E-state index in [-0.39, 0.29) is 12.1 Å². The lowest BCUT2D eigenvalue weighted by Crippen LogP contribution is -2.46. The average Bonchev–Trinajstić information content (AvgIpc) is 3.42. The number of nitrogens with one attached hydrogen (secondary N) is 1. The van der Waals surface area contributed by atoms with Crippen LogP contribution in [-0.2, 0) is 17.7 Å². The summed E-state index contributed by atoms with van der Waals surface area (Å²) in [4.78, 5) is 20.8. The van der Waals surface area contributed by atoms with Gasteiger partial charge in [-0.25, -0.2) is 4.79 Å². The maximum Gasteiger partial charge on any atom is 0.410 e. The third kappa shape index (κ3) is 6.60. The van der Waals surface area contributed by atoms with Crippen LogP contribution in [0, 0.1) is 5.41 Å². The number of fused-ring (bicyclic) bond motifs is 1. The average molecular weight is 549 g/mol. The Balaban J connectivity index is 1.20. The SMILES string of the molecule is CN1CCN(/C(N)=C/C(=N)N2CCc3ccc(-c4cnn(C5CCN(C(=O)OC(C)(C)C)CC5)c4)cc3C2)CC1. The number of nitrogens with two attached hydrogens (primary N) is 1. The first-order valence-electron chi connectivity index (χ1n) is 14.4. The topological polar surface area (TPSA) is 107 Å². The molecule has 0 bridgehead atoms. The fraction of sp³-hybridized carbons (Fsp3) is 0.567. The van der Waals surface area contributed by atoms with Crippen molar-refractivity contribution < 1.29 is 9.53 Å². The molecule has 5 rings (SSSR count). The summed E-state index contributed by atoms with van der Waals surface area (Å²) in [6, 6.07) is 6.90. The summed E-state index contributed by atoms with van der Waals surface area (Å²) in [6.45, 7) is 12.3. The third-order valence-electron chi connectivity index (χ3n) is 8.14. The first kappa shape index (κ1) is 28.0. The summed E-state index contributed by atoms with van der Waals surface area (Å²) >= 11 is 0. The van der Waals surface area contributed by atoms with Crippen molar-refractivity contribution in [2.75, 3.05) is 52.9 Å². The molecule has 0 radical (unpaired) electrons. The molecule has 0 aliphatic carbocycles. The normalized spacial score (nSPS) is 19.5. The molecule has 2 fully saturated rings. The number of likely N-dealkylation sites (N-methyl/N-ethyl adjacent to an activating group) is 1. The molecular weight excluding hydrogens is 504 g/mol. The number of rotatable bonds is 4. The predicted octanol–water partition coefficient (Wildman–Crippen LogP) is 3.50. The quantitative estimate of drug-likeness (QED) is 0.445. The number of benzene rings is 1. The zero-order valence-electron chi connectivity index (χ0n) is 24.4. The van der Waals surface area contributed by atoms with Gasteiger partial charge in [0.05, 0.1) is 12.2 Å². The second-order valence-electron chi connectivity index (χ2n) is 12.3. The maximum absolute atomic E-state index is 12.4. The summed E-state index contributed by atoms with van der Waals surface area (Å²) in [7, 11) is 2.13. The van der Waals surface area contributed by atoms with Gasteiger partial charge < -0.3 is 30.1 Å². The molecule has 1 amide bonds. The largest absolute Gasteiger partial charge is 0.444 e. The van der Waals surface area contributed by atoms with Crippen LogP contribution in [0.1, 0.15) is 50.8 Å². The van der Waals surface area contributed by atoms with E-state index in [2.05, 4.69) is 50.8 Å². The lowest BCUT2D eigenvalue weighted by atomic mass is 9.95. The van der Waals surface area contributed by atoms with Gasteiger partial charge in [-0.15, -0.1) is 0 Å². The van der Waals surface area contributed by atoms with Crippen LogP contribution in [0.25, 0.3) is 11.1 Å². The smallest absolute Gasteiger partial charge is 0.410 e. The van der Waals surface area contributed by atoms with Crippen LogP contribution in [0.3, 0.4) is 0 Å². The van der Waals surface area contributed by atoms with Crippen molar-refractivity contribution in [3.8, 4) is 11.1 Å². The monoisotopic (exact) mass is 548 g/mol. The van der Waals surface area contributed by atoms with Crippen LogP contribution in [-0.4, -0.2) is 99.8 Å². The highest BCUT2D eigenvalue weighted by molar-refractivity contribution is 5.91. The van der Waals surface area contributed by atoms with Gasteiger partial charge in [0.25, 0.3) is 0 Å².